The number of ether oxygens (including phenoxy) is 2. The second-order valence-electron chi connectivity index (χ2n) is 4.62. The van der Waals surface area contributed by atoms with Crippen LogP contribution in [0.2, 0.25) is 0 Å². The van der Waals surface area contributed by atoms with Crippen LogP contribution in [0.5, 0.6) is 11.5 Å². The van der Waals surface area contributed by atoms with Crippen LogP contribution in [-0.2, 0) is 6.42 Å². The van der Waals surface area contributed by atoms with E-state index in [1.807, 2.05) is 0 Å². The van der Waals surface area contributed by atoms with Crippen LogP contribution in [0.1, 0.15) is 15.9 Å². The van der Waals surface area contributed by atoms with Crippen molar-refractivity contribution in [2.75, 3.05) is 6.61 Å². The zero-order chi connectivity index (χ0) is 16.9. The van der Waals surface area contributed by atoms with Gasteiger partial charge in [0.15, 0.2) is 0 Å². The highest BCUT2D eigenvalue weighted by Gasteiger charge is 2.31. The molecule has 7 heteroatoms. The number of carboxylic acid groups (broad SMARTS) is 1. The number of carbonyl (C=O) groups is 1. The summed E-state index contributed by atoms with van der Waals surface area (Å²) in [7, 11) is 0. The third-order valence-corrected chi connectivity index (χ3v) is 2.90. The largest absolute Gasteiger partial charge is 0.573 e. The van der Waals surface area contributed by atoms with Gasteiger partial charge in [0.1, 0.15) is 11.5 Å². The molecule has 0 saturated heterocycles. The summed E-state index contributed by atoms with van der Waals surface area (Å²) in [4.78, 5) is 10.7. The van der Waals surface area contributed by atoms with Gasteiger partial charge in [0.2, 0.25) is 0 Å². The number of alkyl halides is 3. The van der Waals surface area contributed by atoms with Crippen molar-refractivity contribution >= 4 is 5.97 Å². The third-order valence-electron chi connectivity index (χ3n) is 2.90. The van der Waals surface area contributed by atoms with Gasteiger partial charge in [0.05, 0.1) is 12.2 Å². The van der Waals surface area contributed by atoms with E-state index in [1.165, 1.54) is 30.3 Å². The van der Waals surface area contributed by atoms with E-state index in [0.29, 0.717) is 6.42 Å². The zero-order valence-electron chi connectivity index (χ0n) is 11.8. The van der Waals surface area contributed by atoms with Crippen molar-refractivity contribution in [2.24, 2.45) is 0 Å². The maximum atomic E-state index is 12.1. The fourth-order valence-electron chi connectivity index (χ4n) is 1.86. The van der Waals surface area contributed by atoms with Crippen LogP contribution in [0.3, 0.4) is 0 Å². The summed E-state index contributed by atoms with van der Waals surface area (Å²) in [6.45, 7) is 0.238. The highest BCUT2D eigenvalue weighted by atomic mass is 19.4. The molecule has 4 nitrogen and oxygen atoms in total. The molecule has 0 aliphatic carbocycles. The summed E-state index contributed by atoms with van der Waals surface area (Å²) < 4.78 is 45.6. The molecular weight excluding hydrogens is 313 g/mol. The van der Waals surface area contributed by atoms with Gasteiger partial charge in [0, 0.05) is 12.5 Å². The predicted molar refractivity (Wildman–Crippen MR) is 75.7 cm³/mol. The second-order valence-corrected chi connectivity index (χ2v) is 4.62. The Morgan fingerprint density at radius 3 is 2.30 bits per heavy atom. The average Bonchev–Trinajstić information content (AvgIpc) is 2.46. The lowest BCUT2D eigenvalue weighted by Crippen LogP contribution is -2.17. The number of aromatic carboxylic acids is 1. The van der Waals surface area contributed by atoms with E-state index in [0.717, 1.165) is 11.6 Å². The van der Waals surface area contributed by atoms with Gasteiger partial charge in [0.25, 0.3) is 0 Å². The summed E-state index contributed by atoms with van der Waals surface area (Å²) in [5.41, 5.74) is 1.05. The van der Waals surface area contributed by atoms with Crippen LogP contribution < -0.4 is 9.47 Å². The first-order valence-electron chi connectivity index (χ1n) is 6.64. The van der Waals surface area contributed by atoms with Crippen LogP contribution in [0.15, 0.2) is 48.5 Å². The molecule has 2 aromatic carbocycles. The van der Waals surface area contributed by atoms with Gasteiger partial charge in [-0.15, -0.1) is 13.2 Å². The molecule has 0 aromatic heterocycles. The van der Waals surface area contributed by atoms with Crippen molar-refractivity contribution in [1.82, 2.24) is 0 Å². The smallest absolute Gasteiger partial charge is 0.493 e. The molecule has 2 rings (SSSR count). The third kappa shape index (κ3) is 5.54. The molecule has 0 bridgehead atoms. The van der Waals surface area contributed by atoms with Crippen LogP contribution in [0.25, 0.3) is 0 Å². The van der Waals surface area contributed by atoms with Crippen molar-refractivity contribution in [3.05, 3.63) is 59.7 Å². The first-order chi connectivity index (χ1) is 10.8. The van der Waals surface area contributed by atoms with Crippen molar-refractivity contribution in [2.45, 2.75) is 12.8 Å². The van der Waals surface area contributed by atoms with Crippen LogP contribution in [-0.4, -0.2) is 24.0 Å². The Bertz CT molecular complexity index is 666. The standard InChI is InChI=1S/C16H13F3O4/c17-16(18,19)23-14-3-1-2-13(10-14)22-9-8-11-4-6-12(7-5-11)15(20)21/h1-7,10H,8-9H2,(H,20,21). The molecule has 1 N–H and O–H groups in total. The Hall–Kier alpha value is -2.70. The van der Waals surface area contributed by atoms with Gasteiger partial charge < -0.3 is 14.6 Å². The number of benzene rings is 2. The van der Waals surface area contributed by atoms with E-state index >= 15 is 0 Å². The minimum absolute atomic E-state index is 0.187. The summed E-state index contributed by atoms with van der Waals surface area (Å²) in [6.07, 6.45) is -4.26. The Morgan fingerprint density at radius 1 is 1.04 bits per heavy atom. The molecular formula is C16H13F3O4. The minimum atomic E-state index is -4.75. The van der Waals surface area contributed by atoms with Gasteiger partial charge in [-0.2, -0.15) is 0 Å². The van der Waals surface area contributed by atoms with Crippen LogP contribution in [0.4, 0.5) is 13.2 Å². The summed E-state index contributed by atoms with van der Waals surface area (Å²) in [5, 5.41) is 8.79. The molecule has 0 saturated carbocycles. The van der Waals surface area contributed by atoms with Gasteiger partial charge in [-0.05, 0) is 29.8 Å². The molecule has 2 aromatic rings. The maximum Gasteiger partial charge on any atom is 0.573 e. The molecule has 23 heavy (non-hydrogen) atoms. The second kappa shape index (κ2) is 7.04. The van der Waals surface area contributed by atoms with E-state index in [-0.39, 0.29) is 23.7 Å². The summed E-state index contributed by atoms with van der Waals surface area (Å²) in [6, 6.07) is 11.6. The van der Waals surface area contributed by atoms with Crippen molar-refractivity contribution < 1.29 is 32.5 Å². The van der Waals surface area contributed by atoms with Crippen molar-refractivity contribution in [3.63, 3.8) is 0 Å². The number of halogens is 3. The molecule has 0 unspecified atom stereocenters. The Morgan fingerprint density at radius 2 is 1.70 bits per heavy atom. The fraction of sp³-hybridized carbons (Fsp3) is 0.188. The highest BCUT2D eigenvalue weighted by Crippen LogP contribution is 2.26. The summed E-state index contributed by atoms with van der Waals surface area (Å²) in [5.74, 6) is -1.09. The quantitative estimate of drug-likeness (QED) is 0.874. The lowest BCUT2D eigenvalue weighted by molar-refractivity contribution is -0.274. The number of hydrogen-bond donors (Lipinski definition) is 1. The monoisotopic (exact) mass is 326 g/mol. The molecule has 0 fully saturated rings. The van der Waals surface area contributed by atoms with E-state index in [1.54, 1.807) is 12.1 Å². The van der Waals surface area contributed by atoms with E-state index in [2.05, 4.69) is 4.74 Å². The summed E-state index contributed by atoms with van der Waals surface area (Å²) >= 11 is 0. The Labute approximate surface area is 130 Å². The molecule has 0 amide bonds. The fourth-order valence-corrected chi connectivity index (χ4v) is 1.86. The van der Waals surface area contributed by atoms with Crippen molar-refractivity contribution in [1.29, 1.82) is 0 Å². The Kier molecular flexibility index (Phi) is 5.10. The van der Waals surface area contributed by atoms with Gasteiger partial charge in [-0.25, -0.2) is 4.79 Å². The molecule has 0 heterocycles. The van der Waals surface area contributed by atoms with E-state index < -0.39 is 12.3 Å². The molecule has 0 aliphatic heterocycles. The lowest BCUT2D eigenvalue weighted by atomic mass is 10.1. The van der Waals surface area contributed by atoms with E-state index in [9.17, 15) is 18.0 Å². The molecule has 0 aliphatic rings. The van der Waals surface area contributed by atoms with Crippen LogP contribution >= 0.6 is 0 Å². The number of rotatable bonds is 6. The molecule has 0 atom stereocenters. The first-order valence-corrected chi connectivity index (χ1v) is 6.64. The maximum absolute atomic E-state index is 12.1. The lowest BCUT2D eigenvalue weighted by Gasteiger charge is -2.11. The van der Waals surface area contributed by atoms with Gasteiger partial charge >= 0.3 is 12.3 Å². The molecule has 0 radical (unpaired) electrons. The van der Waals surface area contributed by atoms with Crippen molar-refractivity contribution in [3.8, 4) is 11.5 Å². The highest BCUT2D eigenvalue weighted by molar-refractivity contribution is 5.87. The molecule has 0 spiro atoms. The van der Waals surface area contributed by atoms with Gasteiger partial charge in [-0.3, -0.25) is 0 Å². The molecule has 122 valence electrons. The zero-order valence-corrected chi connectivity index (χ0v) is 11.8. The normalized spacial score (nSPS) is 11.1. The van der Waals surface area contributed by atoms with E-state index in [4.69, 9.17) is 9.84 Å². The average molecular weight is 326 g/mol. The number of carboxylic acids is 1. The van der Waals surface area contributed by atoms with Gasteiger partial charge in [-0.1, -0.05) is 18.2 Å². The first kappa shape index (κ1) is 16.7. The minimum Gasteiger partial charge on any atom is -0.493 e. The SMILES string of the molecule is O=C(O)c1ccc(CCOc2cccc(OC(F)(F)F)c2)cc1. The topological polar surface area (TPSA) is 55.8 Å². The Balaban J connectivity index is 1.88. The van der Waals surface area contributed by atoms with Crippen LogP contribution in [0, 0.1) is 0 Å². The number of hydrogen-bond acceptors (Lipinski definition) is 3. The predicted octanol–water partition coefficient (Wildman–Crippen LogP) is 3.90.